The van der Waals surface area contributed by atoms with Crippen LogP contribution in [0.4, 0.5) is 0 Å². The lowest BCUT2D eigenvalue weighted by molar-refractivity contribution is 0.909. The number of aromatic nitrogens is 1. The molecule has 0 unspecified atom stereocenters. The first-order chi connectivity index (χ1) is 7.22. The van der Waals surface area contributed by atoms with E-state index in [-0.39, 0.29) is 0 Å². The number of rotatable bonds is 1. The first kappa shape index (κ1) is 9.82. The molecule has 15 heavy (non-hydrogen) atoms. The molecule has 0 amide bonds. The van der Waals surface area contributed by atoms with Gasteiger partial charge in [0, 0.05) is 29.4 Å². The molecule has 0 bridgehead atoms. The predicted octanol–water partition coefficient (Wildman–Crippen LogP) is 3.22. The molecular weight excluding hydrogens is 208 g/mol. The predicted molar refractivity (Wildman–Crippen MR) is 60.6 cm³/mol. The van der Waals surface area contributed by atoms with Crippen LogP contribution >= 0.6 is 11.6 Å². The zero-order valence-corrected chi connectivity index (χ0v) is 8.99. The molecule has 0 aliphatic heterocycles. The highest BCUT2D eigenvalue weighted by Gasteiger charge is 2.06. The molecule has 2 nitrogen and oxygen atoms in total. The van der Waals surface area contributed by atoms with E-state index in [0.717, 1.165) is 11.1 Å². The van der Waals surface area contributed by atoms with E-state index in [4.69, 9.17) is 16.9 Å². The van der Waals surface area contributed by atoms with Gasteiger partial charge >= 0.3 is 0 Å². The highest BCUT2D eigenvalue weighted by molar-refractivity contribution is 6.33. The summed E-state index contributed by atoms with van der Waals surface area (Å²) in [7, 11) is 1.85. The molecule has 0 radical (unpaired) electrons. The molecule has 0 spiro atoms. The molecule has 3 heteroatoms. The monoisotopic (exact) mass is 216 g/mol. The minimum absolute atomic E-state index is 0.630. The normalized spacial score (nSPS) is 9.93. The van der Waals surface area contributed by atoms with Gasteiger partial charge in [-0.1, -0.05) is 29.8 Å². The average molecular weight is 217 g/mol. The fourth-order valence-corrected chi connectivity index (χ4v) is 1.76. The number of hydrogen-bond donors (Lipinski definition) is 0. The molecule has 0 aliphatic carbocycles. The van der Waals surface area contributed by atoms with Crippen LogP contribution in [0.15, 0.2) is 36.5 Å². The van der Waals surface area contributed by atoms with Crippen molar-refractivity contribution in [3.05, 3.63) is 47.2 Å². The lowest BCUT2D eigenvalue weighted by atomic mass is 10.1. The molecule has 0 N–H and O–H groups in total. The lowest BCUT2D eigenvalue weighted by Crippen LogP contribution is -1.86. The van der Waals surface area contributed by atoms with Gasteiger partial charge in [0.25, 0.3) is 0 Å². The third-order valence-electron chi connectivity index (χ3n) is 2.30. The standard InChI is InChI=1S/C12H9ClN2/c1-15-8-9(6-10(15)7-14)11-4-2-3-5-12(11)13/h2-6,8H,1H3. The van der Waals surface area contributed by atoms with Crippen molar-refractivity contribution in [2.24, 2.45) is 7.05 Å². The Morgan fingerprint density at radius 3 is 2.67 bits per heavy atom. The van der Waals surface area contributed by atoms with E-state index in [9.17, 15) is 0 Å². The van der Waals surface area contributed by atoms with E-state index in [1.165, 1.54) is 0 Å². The molecule has 0 saturated carbocycles. The zero-order valence-electron chi connectivity index (χ0n) is 8.24. The van der Waals surface area contributed by atoms with Crippen LogP contribution in [0.3, 0.4) is 0 Å². The summed E-state index contributed by atoms with van der Waals surface area (Å²) in [6, 6.07) is 11.6. The second-order valence-corrected chi connectivity index (χ2v) is 3.72. The molecular formula is C12H9ClN2. The van der Waals surface area contributed by atoms with Gasteiger partial charge in [-0.15, -0.1) is 0 Å². The second-order valence-electron chi connectivity index (χ2n) is 3.32. The van der Waals surface area contributed by atoms with Crippen molar-refractivity contribution in [3.8, 4) is 17.2 Å². The van der Waals surface area contributed by atoms with Crippen molar-refractivity contribution < 1.29 is 0 Å². The largest absolute Gasteiger partial charge is 0.342 e. The molecule has 74 valence electrons. The molecule has 1 aromatic heterocycles. The highest BCUT2D eigenvalue weighted by atomic mass is 35.5. The lowest BCUT2D eigenvalue weighted by Gasteiger charge is -1.99. The van der Waals surface area contributed by atoms with E-state index >= 15 is 0 Å². The quantitative estimate of drug-likeness (QED) is 0.720. The Hall–Kier alpha value is -1.72. The van der Waals surface area contributed by atoms with E-state index < -0.39 is 0 Å². The summed E-state index contributed by atoms with van der Waals surface area (Å²) in [6.07, 6.45) is 1.90. The van der Waals surface area contributed by atoms with Gasteiger partial charge in [-0.05, 0) is 12.1 Å². The van der Waals surface area contributed by atoms with Crippen molar-refractivity contribution in [2.75, 3.05) is 0 Å². The van der Waals surface area contributed by atoms with Gasteiger partial charge in [0.1, 0.15) is 11.8 Å². The summed E-state index contributed by atoms with van der Waals surface area (Å²) in [4.78, 5) is 0. The summed E-state index contributed by atoms with van der Waals surface area (Å²) in [6.45, 7) is 0. The maximum Gasteiger partial charge on any atom is 0.120 e. The van der Waals surface area contributed by atoms with Crippen molar-refractivity contribution >= 4 is 11.6 Å². The Kier molecular flexibility index (Phi) is 2.49. The summed E-state index contributed by atoms with van der Waals surface area (Å²) >= 11 is 6.07. The van der Waals surface area contributed by atoms with Gasteiger partial charge in [0.05, 0.1) is 0 Å². The maximum absolute atomic E-state index is 8.84. The number of halogens is 1. The highest BCUT2D eigenvalue weighted by Crippen LogP contribution is 2.28. The molecule has 1 aromatic carbocycles. The fourth-order valence-electron chi connectivity index (χ4n) is 1.52. The molecule has 2 aromatic rings. The van der Waals surface area contributed by atoms with Gasteiger partial charge in [0.15, 0.2) is 0 Å². The summed E-state index contributed by atoms with van der Waals surface area (Å²) < 4.78 is 1.79. The Morgan fingerprint density at radius 2 is 2.07 bits per heavy atom. The molecule has 2 rings (SSSR count). The van der Waals surface area contributed by atoms with Gasteiger partial charge in [-0.3, -0.25) is 0 Å². The first-order valence-corrected chi connectivity index (χ1v) is 4.91. The second kappa shape index (κ2) is 3.80. The first-order valence-electron chi connectivity index (χ1n) is 4.53. The summed E-state index contributed by atoms with van der Waals surface area (Å²) in [5.74, 6) is 0. The van der Waals surface area contributed by atoms with Crippen molar-refractivity contribution in [1.82, 2.24) is 4.57 Å². The Balaban J connectivity index is 2.56. The van der Waals surface area contributed by atoms with Crippen LogP contribution in [-0.2, 0) is 7.05 Å². The van der Waals surface area contributed by atoms with Crippen LogP contribution < -0.4 is 0 Å². The summed E-state index contributed by atoms with van der Waals surface area (Å²) in [5.41, 5.74) is 2.56. The van der Waals surface area contributed by atoms with E-state index in [1.54, 1.807) is 4.57 Å². The van der Waals surface area contributed by atoms with E-state index in [1.807, 2.05) is 43.6 Å². The minimum Gasteiger partial charge on any atom is -0.342 e. The van der Waals surface area contributed by atoms with Crippen molar-refractivity contribution in [3.63, 3.8) is 0 Å². The van der Waals surface area contributed by atoms with Gasteiger partial charge in [-0.25, -0.2) is 0 Å². The van der Waals surface area contributed by atoms with Gasteiger partial charge in [0.2, 0.25) is 0 Å². The van der Waals surface area contributed by atoms with Crippen LogP contribution in [0.1, 0.15) is 5.69 Å². The van der Waals surface area contributed by atoms with Crippen LogP contribution in [0.25, 0.3) is 11.1 Å². The molecule has 0 aliphatic rings. The maximum atomic E-state index is 8.84. The summed E-state index contributed by atoms with van der Waals surface area (Å²) in [5, 5.41) is 9.55. The number of nitrogens with zero attached hydrogens (tertiary/aromatic N) is 2. The zero-order chi connectivity index (χ0) is 10.8. The topological polar surface area (TPSA) is 28.7 Å². The number of aryl methyl sites for hydroxylation is 1. The van der Waals surface area contributed by atoms with Crippen molar-refractivity contribution in [1.29, 1.82) is 5.26 Å². The fraction of sp³-hybridized carbons (Fsp3) is 0.0833. The van der Waals surface area contributed by atoms with Crippen LogP contribution in [-0.4, -0.2) is 4.57 Å². The third kappa shape index (κ3) is 1.74. The average Bonchev–Trinajstić information content (AvgIpc) is 2.60. The van der Waals surface area contributed by atoms with E-state index in [2.05, 4.69) is 6.07 Å². The van der Waals surface area contributed by atoms with E-state index in [0.29, 0.717) is 10.7 Å². The van der Waals surface area contributed by atoms with Crippen molar-refractivity contribution in [2.45, 2.75) is 0 Å². The smallest absolute Gasteiger partial charge is 0.120 e. The third-order valence-corrected chi connectivity index (χ3v) is 2.63. The Labute approximate surface area is 93.3 Å². The van der Waals surface area contributed by atoms with Crippen LogP contribution in [0.2, 0.25) is 5.02 Å². The van der Waals surface area contributed by atoms with Gasteiger partial charge < -0.3 is 4.57 Å². The molecule has 1 heterocycles. The Bertz CT molecular complexity index is 535. The van der Waals surface area contributed by atoms with Gasteiger partial charge in [-0.2, -0.15) is 5.26 Å². The minimum atomic E-state index is 0.630. The molecule has 0 saturated heterocycles. The number of benzene rings is 1. The Morgan fingerprint density at radius 1 is 1.33 bits per heavy atom. The number of hydrogen-bond acceptors (Lipinski definition) is 1. The van der Waals surface area contributed by atoms with Crippen LogP contribution in [0, 0.1) is 11.3 Å². The SMILES string of the molecule is Cn1cc(-c2ccccc2Cl)cc1C#N. The molecule has 0 fully saturated rings. The van der Waals surface area contributed by atoms with Crippen LogP contribution in [0.5, 0.6) is 0 Å². The molecule has 0 atom stereocenters. The number of nitriles is 1.